The predicted molar refractivity (Wildman–Crippen MR) is 73.2 cm³/mol. The third-order valence-corrected chi connectivity index (χ3v) is 3.21. The van der Waals surface area contributed by atoms with Gasteiger partial charge >= 0.3 is 12.0 Å². The van der Waals surface area contributed by atoms with Gasteiger partial charge in [-0.15, -0.1) is 0 Å². The number of amides is 3. The number of carbonyl (C=O) groups excluding carboxylic acids is 2. The molecule has 114 valence electrons. The topological polar surface area (TPSA) is 108 Å². The first-order chi connectivity index (χ1) is 9.06. The van der Waals surface area contributed by atoms with Gasteiger partial charge in [0, 0.05) is 5.54 Å². The predicted octanol–water partition coefficient (Wildman–Crippen LogP) is 0.596. The van der Waals surface area contributed by atoms with Crippen LogP contribution in [0.3, 0.4) is 0 Å². The maximum absolute atomic E-state index is 11.8. The highest BCUT2D eigenvalue weighted by Crippen LogP contribution is 2.31. The van der Waals surface area contributed by atoms with Gasteiger partial charge in [0.05, 0.1) is 0 Å². The maximum Gasteiger partial charge on any atom is 0.329 e. The summed E-state index contributed by atoms with van der Waals surface area (Å²) >= 11 is 0. The van der Waals surface area contributed by atoms with Crippen molar-refractivity contribution in [1.82, 2.24) is 16.0 Å². The molecule has 1 aliphatic carbocycles. The molecule has 1 fully saturated rings. The molecule has 3 amide bonds. The Morgan fingerprint density at radius 1 is 1.20 bits per heavy atom. The van der Waals surface area contributed by atoms with Crippen LogP contribution < -0.4 is 16.0 Å². The average molecular weight is 285 g/mol. The number of carboxylic acids is 1. The molecule has 0 aromatic heterocycles. The summed E-state index contributed by atoms with van der Waals surface area (Å²) in [6.45, 7) is 7.07. The summed E-state index contributed by atoms with van der Waals surface area (Å²) < 4.78 is 0. The largest absolute Gasteiger partial charge is 0.480 e. The van der Waals surface area contributed by atoms with E-state index in [1.54, 1.807) is 6.92 Å². The summed E-state index contributed by atoms with van der Waals surface area (Å²) in [6.07, 6.45) is 1.60. The highest BCUT2D eigenvalue weighted by molar-refractivity contribution is 5.90. The lowest BCUT2D eigenvalue weighted by molar-refractivity contribution is -0.148. The minimum absolute atomic E-state index is 0.314. The Hall–Kier alpha value is -1.79. The van der Waals surface area contributed by atoms with Crippen LogP contribution in [0.1, 0.15) is 47.0 Å². The Kier molecular flexibility index (Phi) is 4.62. The Labute approximate surface area is 118 Å². The Balaban J connectivity index is 2.50. The smallest absolute Gasteiger partial charge is 0.329 e. The van der Waals surface area contributed by atoms with Crippen LogP contribution in [0.2, 0.25) is 0 Å². The van der Waals surface area contributed by atoms with Gasteiger partial charge in [0.15, 0.2) is 0 Å². The monoisotopic (exact) mass is 285 g/mol. The van der Waals surface area contributed by atoms with E-state index in [0.717, 1.165) is 6.42 Å². The van der Waals surface area contributed by atoms with Gasteiger partial charge in [0.1, 0.15) is 11.6 Å². The van der Waals surface area contributed by atoms with E-state index in [4.69, 9.17) is 5.11 Å². The van der Waals surface area contributed by atoms with E-state index in [-0.39, 0.29) is 11.4 Å². The third-order valence-electron chi connectivity index (χ3n) is 3.21. The number of nitrogens with one attached hydrogen (secondary N) is 3. The molecule has 20 heavy (non-hydrogen) atoms. The Morgan fingerprint density at radius 2 is 1.75 bits per heavy atom. The van der Waals surface area contributed by atoms with Crippen LogP contribution in [0, 0.1) is 0 Å². The van der Waals surface area contributed by atoms with E-state index < -0.39 is 23.6 Å². The van der Waals surface area contributed by atoms with E-state index >= 15 is 0 Å². The second-order valence-electron chi connectivity index (χ2n) is 6.30. The summed E-state index contributed by atoms with van der Waals surface area (Å²) in [5.41, 5.74) is -1.57. The summed E-state index contributed by atoms with van der Waals surface area (Å²) in [4.78, 5) is 34.7. The highest BCUT2D eigenvalue weighted by atomic mass is 16.4. The van der Waals surface area contributed by atoms with Crippen molar-refractivity contribution in [3.63, 3.8) is 0 Å². The molecule has 1 aliphatic rings. The number of rotatable bonds is 4. The molecular formula is C13H23N3O4. The zero-order valence-electron chi connectivity index (χ0n) is 12.4. The molecule has 1 unspecified atom stereocenters. The molecule has 0 aromatic rings. The van der Waals surface area contributed by atoms with Crippen LogP contribution in [0.5, 0.6) is 0 Å². The molecule has 0 bridgehead atoms. The zero-order valence-corrected chi connectivity index (χ0v) is 12.4. The molecular weight excluding hydrogens is 262 g/mol. The molecule has 0 heterocycles. The fraction of sp³-hybridized carbons (Fsp3) is 0.769. The fourth-order valence-electron chi connectivity index (χ4n) is 1.92. The number of hydrogen-bond acceptors (Lipinski definition) is 3. The van der Waals surface area contributed by atoms with Crippen molar-refractivity contribution in [3.8, 4) is 0 Å². The summed E-state index contributed by atoms with van der Waals surface area (Å²) in [5, 5.41) is 16.8. The number of hydrogen-bond donors (Lipinski definition) is 4. The highest BCUT2D eigenvalue weighted by Gasteiger charge is 2.45. The van der Waals surface area contributed by atoms with Gasteiger partial charge in [-0.25, -0.2) is 9.59 Å². The Bertz CT molecular complexity index is 410. The van der Waals surface area contributed by atoms with Crippen LogP contribution in [0.25, 0.3) is 0 Å². The van der Waals surface area contributed by atoms with Crippen LogP contribution in [-0.2, 0) is 9.59 Å². The van der Waals surface area contributed by atoms with Crippen LogP contribution in [-0.4, -0.2) is 40.1 Å². The van der Waals surface area contributed by atoms with E-state index in [0.29, 0.717) is 12.8 Å². The fourth-order valence-corrected chi connectivity index (χ4v) is 1.92. The second-order valence-corrected chi connectivity index (χ2v) is 6.30. The average Bonchev–Trinajstić information content (AvgIpc) is 2.20. The van der Waals surface area contributed by atoms with E-state index in [2.05, 4.69) is 16.0 Å². The van der Waals surface area contributed by atoms with Crippen molar-refractivity contribution >= 4 is 17.9 Å². The molecule has 1 atom stereocenters. The van der Waals surface area contributed by atoms with Gasteiger partial charge in [0.2, 0.25) is 5.91 Å². The SMILES string of the molecule is CC(NC(=O)NC1(C(=O)O)CCC1)C(=O)NC(C)(C)C. The molecule has 1 rings (SSSR count). The van der Waals surface area contributed by atoms with Gasteiger partial charge in [-0.05, 0) is 47.0 Å². The van der Waals surface area contributed by atoms with Gasteiger partial charge in [-0.2, -0.15) is 0 Å². The van der Waals surface area contributed by atoms with Gasteiger partial charge < -0.3 is 21.1 Å². The van der Waals surface area contributed by atoms with Crippen molar-refractivity contribution in [3.05, 3.63) is 0 Å². The molecule has 0 spiro atoms. The molecule has 0 aromatic carbocycles. The summed E-state index contributed by atoms with van der Waals surface area (Å²) in [5.74, 6) is -1.35. The molecule has 7 heteroatoms. The third kappa shape index (κ3) is 4.11. The number of carboxylic acid groups (broad SMARTS) is 1. The van der Waals surface area contributed by atoms with Crippen molar-refractivity contribution in [2.24, 2.45) is 0 Å². The molecule has 4 N–H and O–H groups in total. The van der Waals surface area contributed by atoms with Crippen LogP contribution in [0.4, 0.5) is 4.79 Å². The van der Waals surface area contributed by atoms with E-state index in [1.165, 1.54) is 0 Å². The van der Waals surface area contributed by atoms with Crippen molar-refractivity contribution in [1.29, 1.82) is 0 Å². The lowest BCUT2D eigenvalue weighted by atomic mass is 9.77. The molecule has 7 nitrogen and oxygen atoms in total. The van der Waals surface area contributed by atoms with Gasteiger partial charge in [-0.1, -0.05) is 0 Å². The number of urea groups is 1. The second kappa shape index (κ2) is 5.68. The standard InChI is InChI=1S/C13H23N3O4/c1-8(9(17)15-12(2,3)4)14-11(20)16-13(10(18)19)6-5-7-13/h8H,5-7H2,1-4H3,(H,15,17)(H,18,19)(H2,14,16,20). The first-order valence-corrected chi connectivity index (χ1v) is 6.70. The van der Waals surface area contributed by atoms with Crippen LogP contribution in [0.15, 0.2) is 0 Å². The number of aliphatic carboxylic acids is 1. The molecule has 0 radical (unpaired) electrons. The zero-order chi connectivity index (χ0) is 15.6. The quantitative estimate of drug-likeness (QED) is 0.606. The van der Waals surface area contributed by atoms with Crippen LogP contribution >= 0.6 is 0 Å². The van der Waals surface area contributed by atoms with Crippen molar-refractivity contribution < 1.29 is 19.5 Å². The van der Waals surface area contributed by atoms with Crippen molar-refractivity contribution in [2.75, 3.05) is 0 Å². The normalized spacial score (nSPS) is 18.4. The summed E-state index contributed by atoms with van der Waals surface area (Å²) in [7, 11) is 0. The molecule has 1 saturated carbocycles. The lowest BCUT2D eigenvalue weighted by Crippen LogP contribution is -2.63. The minimum atomic E-state index is -1.18. The molecule has 0 saturated heterocycles. The molecule has 0 aliphatic heterocycles. The van der Waals surface area contributed by atoms with Gasteiger partial charge in [0.25, 0.3) is 0 Å². The van der Waals surface area contributed by atoms with E-state index in [1.807, 2.05) is 20.8 Å². The number of carbonyl (C=O) groups is 3. The first-order valence-electron chi connectivity index (χ1n) is 6.70. The first kappa shape index (κ1) is 16.3. The summed E-state index contributed by atoms with van der Waals surface area (Å²) in [6, 6.07) is -1.37. The maximum atomic E-state index is 11.8. The minimum Gasteiger partial charge on any atom is -0.480 e. The Morgan fingerprint density at radius 3 is 2.10 bits per heavy atom. The lowest BCUT2D eigenvalue weighted by Gasteiger charge is -2.38. The van der Waals surface area contributed by atoms with E-state index in [9.17, 15) is 14.4 Å². The van der Waals surface area contributed by atoms with Crippen molar-refractivity contribution in [2.45, 2.75) is 64.1 Å². The van der Waals surface area contributed by atoms with Gasteiger partial charge in [-0.3, -0.25) is 4.79 Å².